The Labute approximate surface area is 165 Å². The Morgan fingerprint density at radius 2 is 2.25 bits per heavy atom. The summed E-state index contributed by atoms with van der Waals surface area (Å²) in [6.07, 6.45) is 3.50. The van der Waals surface area contributed by atoms with Crippen LogP contribution in [0.25, 0.3) is 10.8 Å². The van der Waals surface area contributed by atoms with E-state index < -0.39 is 0 Å². The van der Waals surface area contributed by atoms with Gasteiger partial charge in [-0.05, 0) is 26.0 Å². The number of thiazole rings is 1. The van der Waals surface area contributed by atoms with E-state index in [0.717, 1.165) is 27.2 Å². The molecule has 0 saturated carbocycles. The summed E-state index contributed by atoms with van der Waals surface area (Å²) in [4.78, 5) is 20.9. The van der Waals surface area contributed by atoms with Gasteiger partial charge in [0.2, 0.25) is 0 Å². The fourth-order valence-electron chi connectivity index (χ4n) is 2.78. The van der Waals surface area contributed by atoms with Gasteiger partial charge < -0.3 is 14.6 Å². The van der Waals surface area contributed by atoms with Crippen LogP contribution in [0.3, 0.4) is 0 Å². The van der Waals surface area contributed by atoms with Crippen LogP contribution in [0.5, 0.6) is 5.75 Å². The first-order valence-electron chi connectivity index (χ1n) is 8.74. The maximum atomic E-state index is 12.4. The number of carbonyl (C=O) groups is 1. The molecule has 1 aromatic carbocycles. The largest absolute Gasteiger partial charge is 0.485 e. The topological polar surface area (TPSA) is 90.1 Å². The minimum absolute atomic E-state index is 0.169. The molecule has 1 N–H and O–H groups in total. The van der Waals surface area contributed by atoms with Crippen molar-refractivity contribution in [2.24, 2.45) is 0 Å². The smallest absolute Gasteiger partial charge is 0.274 e. The molecule has 8 heteroatoms. The van der Waals surface area contributed by atoms with Gasteiger partial charge in [-0.25, -0.2) is 4.98 Å². The molecule has 0 aliphatic rings. The minimum atomic E-state index is -0.315. The number of aromatic nitrogens is 3. The van der Waals surface area contributed by atoms with Crippen LogP contribution in [0, 0.1) is 6.92 Å². The van der Waals surface area contributed by atoms with Gasteiger partial charge in [-0.2, -0.15) is 0 Å². The van der Waals surface area contributed by atoms with Crippen molar-refractivity contribution in [1.29, 1.82) is 0 Å². The second-order valence-corrected chi connectivity index (χ2v) is 7.37. The number of fused-ring (bicyclic) bond motifs is 1. The average molecular weight is 394 g/mol. The molecule has 0 radical (unpaired) electrons. The molecule has 3 aromatic heterocycles. The lowest BCUT2D eigenvalue weighted by atomic mass is 10.1. The van der Waals surface area contributed by atoms with Crippen molar-refractivity contribution < 1.29 is 14.1 Å². The first-order chi connectivity index (χ1) is 13.6. The van der Waals surface area contributed by atoms with Gasteiger partial charge in [0.15, 0.2) is 11.5 Å². The van der Waals surface area contributed by atoms with Crippen molar-refractivity contribution >= 4 is 28.0 Å². The summed E-state index contributed by atoms with van der Waals surface area (Å²) in [5, 5.41) is 11.6. The third kappa shape index (κ3) is 3.86. The number of carbonyl (C=O) groups excluding carboxylic acids is 1. The summed E-state index contributed by atoms with van der Waals surface area (Å²) < 4.78 is 11.1. The highest BCUT2D eigenvalue weighted by Crippen LogP contribution is 2.25. The maximum Gasteiger partial charge on any atom is 0.274 e. The van der Waals surface area contributed by atoms with Crippen molar-refractivity contribution in [2.75, 3.05) is 0 Å². The van der Waals surface area contributed by atoms with Gasteiger partial charge in [-0.1, -0.05) is 17.3 Å². The van der Waals surface area contributed by atoms with E-state index >= 15 is 0 Å². The van der Waals surface area contributed by atoms with E-state index in [-0.39, 0.29) is 24.2 Å². The molecule has 0 unspecified atom stereocenters. The number of nitrogens with zero attached hydrogens (tertiary/aromatic N) is 3. The molecule has 0 aliphatic heterocycles. The number of nitrogens with one attached hydrogen (secondary N) is 1. The summed E-state index contributed by atoms with van der Waals surface area (Å²) >= 11 is 1.55. The first kappa shape index (κ1) is 18.1. The van der Waals surface area contributed by atoms with Crippen molar-refractivity contribution in [3.05, 3.63) is 70.3 Å². The third-order valence-electron chi connectivity index (χ3n) is 4.23. The second-order valence-electron chi connectivity index (χ2n) is 6.31. The SMILES string of the molecule is Cc1nc([C@H](C)NC(=O)c2cc(COc3cccc4cnccc34)on2)cs1. The van der Waals surface area contributed by atoms with Crippen molar-refractivity contribution in [1.82, 2.24) is 20.4 Å². The van der Waals surface area contributed by atoms with Gasteiger partial charge in [0.1, 0.15) is 12.4 Å². The Balaban J connectivity index is 1.40. The Kier molecular flexibility index (Phi) is 5.03. The highest BCUT2D eigenvalue weighted by Gasteiger charge is 2.17. The van der Waals surface area contributed by atoms with E-state index in [4.69, 9.17) is 9.26 Å². The monoisotopic (exact) mass is 394 g/mol. The zero-order valence-electron chi connectivity index (χ0n) is 15.4. The number of ether oxygens (including phenoxy) is 1. The fourth-order valence-corrected chi connectivity index (χ4v) is 3.49. The van der Waals surface area contributed by atoms with Crippen LogP contribution >= 0.6 is 11.3 Å². The van der Waals surface area contributed by atoms with Crippen LogP contribution in [-0.4, -0.2) is 21.0 Å². The van der Waals surface area contributed by atoms with E-state index in [1.807, 2.05) is 43.5 Å². The molecule has 1 amide bonds. The number of hydrogen-bond donors (Lipinski definition) is 1. The molecule has 28 heavy (non-hydrogen) atoms. The third-order valence-corrected chi connectivity index (χ3v) is 5.02. The van der Waals surface area contributed by atoms with Crippen LogP contribution in [0.4, 0.5) is 0 Å². The van der Waals surface area contributed by atoms with Gasteiger partial charge in [0, 0.05) is 34.6 Å². The molecule has 4 aromatic rings. The Hall–Kier alpha value is -3.26. The summed E-state index contributed by atoms with van der Waals surface area (Å²) in [5.41, 5.74) is 1.04. The number of aryl methyl sites for hydroxylation is 1. The van der Waals surface area contributed by atoms with Gasteiger partial charge in [0.05, 0.1) is 16.7 Å². The van der Waals surface area contributed by atoms with E-state index in [2.05, 4.69) is 20.4 Å². The molecule has 7 nitrogen and oxygen atoms in total. The Morgan fingerprint density at radius 1 is 1.36 bits per heavy atom. The number of pyridine rings is 1. The molecule has 0 spiro atoms. The molecule has 0 aliphatic carbocycles. The van der Waals surface area contributed by atoms with Gasteiger partial charge in [-0.3, -0.25) is 9.78 Å². The first-order valence-corrected chi connectivity index (χ1v) is 9.62. The number of rotatable bonds is 6. The van der Waals surface area contributed by atoms with Crippen LogP contribution in [-0.2, 0) is 6.61 Å². The lowest BCUT2D eigenvalue weighted by molar-refractivity contribution is 0.0929. The normalized spacial score (nSPS) is 12.1. The lowest BCUT2D eigenvalue weighted by Gasteiger charge is -2.09. The fraction of sp³-hybridized carbons (Fsp3) is 0.200. The minimum Gasteiger partial charge on any atom is -0.485 e. The molecule has 0 saturated heterocycles. The number of amides is 1. The highest BCUT2D eigenvalue weighted by atomic mass is 32.1. The number of benzene rings is 1. The Morgan fingerprint density at radius 3 is 3.07 bits per heavy atom. The van der Waals surface area contributed by atoms with Crippen molar-refractivity contribution in [2.45, 2.75) is 26.5 Å². The lowest BCUT2D eigenvalue weighted by Crippen LogP contribution is -2.27. The van der Waals surface area contributed by atoms with Crippen LogP contribution in [0.2, 0.25) is 0 Å². The maximum absolute atomic E-state index is 12.4. The van der Waals surface area contributed by atoms with Crippen LogP contribution < -0.4 is 10.1 Å². The van der Waals surface area contributed by atoms with Crippen molar-refractivity contribution in [3.63, 3.8) is 0 Å². The molecule has 0 fully saturated rings. The van der Waals surface area contributed by atoms with E-state index in [0.29, 0.717) is 5.76 Å². The average Bonchev–Trinajstić information content (AvgIpc) is 3.35. The van der Waals surface area contributed by atoms with Gasteiger partial charge in [-0.15, -0.1) is 11.3 Å². The molecule has 3 heterocycles. The molecular formula is C20H18N4O3S. The second kappa shape index (κ2) is 7.77. The molecule has 1 atom stereocenters. The van der Waals surface area contributed by atoms with Gasteiger partial charge >= 0.3 is 0 Å². The molecular weight excluding hydrogens is 376 g/mol. The predicted molar refractivity (Wildman–Crippen MR) is 105 cm³/mol. The standard InChI is InChI=1S/C20H18N4O3S/c1-12(18-11-28-13(2)23-18)22-20(25)17-8-15(27-24-17)10-26-19-5-3-4-14-9-21-7-6-16(14)19/h3-9,11-12H,10H2,1-2H3,(H,22,25)/t12-/m0/s1. The molecule has 4 rings (SSSR count). The zero-order valence-corrected chi connectivity index (χ0v) is 16.2. The predicted octanol–water partition coefficient (Wildman–Crippen LogP) is 4.06. The summed E-state index contributed by atoms with van der Waals surface area (Å²) in [6, 6.07) is 9.02. The van der Waals surface area contributed by atoms with E-state index in [1.54, 1.807) is 29.8 Å². The Bertz CT molecular complexity index is 1120. The van der Waals surface area contributed by atoms with Crippen molar-refractivity contribution in [3.8, 4) is 5.75 Å². The van der Waals surface area contributed by atoms with Crippen LogP contribution in [0.15, 0.2) is 52.6 Å². The molecule has 142 valence electrons. The zero-order chi connectivity index (χ0) is 19.5. The summed E-state index contributed by atoms with van der Waals surface area (Å²) in [6.45, 7) is 3.98. The highest BCUT2D eigenvalue weighted by molar-refractivity contribution is 7.09. The van der Waals surface area contributed by atoms with E-state index in [1.165, 1.54) is 0 Å². The number of hydrogen-bond acceptors (Lipinski definition) is 7. The summed E-state index contributed by atoms with van der Waals surface area (Å²) in [7, 11) is 0. The molecule has 0 bridgehead atoms. The van der Waals surface area contributed by atoms with Gasteiger partial charge in [0.25, 0.3) is 5.91 Å². The summed E-state index contributed by atoms with van der Waals surface area (Å²) in [5.74, 6) is 0.868. The quantitative estimate of drug-likeness (QED) is 0.530. The van der Waals surface area contributed by atoms with E-state index in [9.17, 15) is 4.79 Å². The van der Waals surface area contributed by atoms with Crippen LogP contribution in [0.1, 0.15) is 39.9 Å².